The number of hydrogen-bond acceptors (Lipinski definition) is 4. The van der Waals surface area contributed by atoms with Crippen molar-refractivity contribution < 1.29 is 9.59 Å². The summed E-state index contributed by atoms with van der Waals surface area (Å²) in [7, 11) is 0. The number of nitrogens with zero attached hydrogens (tertiary/aromatic N) is 1. The molecule has 160 valence electrons. The average molecular weight is 450 g/mol. The summed E-state index contributed by atoms with van der Waals surface area (Å²) < 4.78 is 0. The second kappa shape index (κ2) is 10.4. The number of aromatic amines is 1. The second-order valence-electron chi connectivity index (χ2n) is 7.18. The fourth-order valence-electron chi connectivity index (χ4n) is 3.78. The van der Waals surface area contributed by atoms with Gasteiger partial charge in [-0.1, -0.05) is 12.5 Å². The normalized spacial score (nSPS) is 17.6. The number of nitrogens with two attached hydrogens (primary N) is 1. The molecule has 7 nitrogen and oxygen atoms in total. The number of carbonyl (C=O) groups is 2. The standard InChI is InChI=1S/C21H23N5O2.2ClH/c22-11-15-4-2-6-17(15)26-21(28)13-3-1-5-16(9-13)25-20(27)14-7-8-18-19(10-14)24-12-23-18;;/h1,3,5,7-10,12,15,17H,2,4,6,11,22H2,(H,23,24)(H,25,27)(H,26,28);2*1H. The van der Waals surface area contributed by atoms with Crippen molar-refractivity contribution in [3.63, 3.8) is 0 Å². The molecule has 0 bridgehead atoms. The van der Waals surface area contributed by atoms with Crippen LogP contribution in [0, 0.1) is 5.92 Å². The number of hydrogen-bond donors (Lipinski definition) is 4. The molecule has 2 amide bonds. The smallest absolute Gasteiger partial charge is 0.255 e. The summed E-state index contributed by atoms with van der Waals surface area (Å²) in [5.41, 5.74) is 9.01. The molecule has 3 aromatic rings. The maximum atomic E-state index is 12.6. The molecule has 0 saturated heterocycles. The van der Waals surface area contributed by atoms with Crippen molar-refractivity contribution in [1.82, 2.24) is 15.3 Å². The largest absolute Gasteiger partial charge is 0.349 e. The molecule has 1 fully saturated rings. The number of benzene rings is 2. The van der Waals surface area contributed by atoms with Gasteiger partial charge in [0.2, 0.25) is 0 Å². The lowest BCUT2D eigenvalue weighted by molar-refractivity contribution is 0.0927. The predicted molar refractivity (Wildman–Crippen MR) is 123 cm³/mol. The molecule has 9 heteroatoms. The van der Waals surface area contributed by atoms with Gasteiger partial charge in [-0.15, -0.1) is 24.8 Å². The average Bonchev–Trinajstić information content (AvgIpc) is 3.36. The number of imidazole rings is 1. The van der Waals surface area contributed by atoms with Crippen molar-refractivity contribution in [3.8, 4) is 0 Å². The monoisotopic (exact) mass is 449 g/mol. The Hall–Kier alpha value is -2.61. The Labute approximate surface area is 187 Å². The third kappa shape index (κ3) is 5.11. The fraction of sp³-hybridized carbons (Fsp3) is 0.286. The molecule has 2 unspecified atom stereocenters. The lowest BCUT2D eigenvalue weighted by atomic mass is 10.0. The Bertz CT molecular complexity index is 1020. The Kier molecular flexibility index (Phi) is 8.23. The van der Waals surface area contributed by atoms with Crippen LogP contribution in [0.2, 0.25) is 0 Å². The van der Waals surface area contributed by atoms with Gasteiger partial charge in [0.1, 0.15) is 0 Å². The number of aromatic nitrogens is 2. The van der Waals surface area contributed by atoms with Crippen molar-refractivity contribution in [2.24, 2.45) is 11.7 Å². The highest BCUT2D eigenvalue weighted by Gasteiger charge is 2.27. The number of H-pyrrole nitrogens is 1. The first-order valence-corrected chi connectivity index (χ1v) is 9.49. The van der Waals surface area contributed by atoms with Crippen LogP contribution in [0.4, 0.5) is 5.69 Å². The molecule has 2 atom stereocenters. The third-order valence-corrected chi connectivity index (χ3v) is 5.34. The van der Waals surface area contributed by atoms with Crippen molar-refractivity contribution in [3.05, 3.63) is 59.9 Å². The Morgan fingerprint density at radius 3 is 2.67 bits per heavy atom. The molecule has 0 radical (unpaired) electrons. The van der Waals surface area contributed by atoms with Gasteiger partial charge < -0.3 is 21.4 Å². The van der Waals surface area contributed by atoms with Gasteiger partial charge in [-0.2, -0.15) is 0 Å². The minimum atomic E-state index is -0.243. The summed E-state index contributed by atoms with van der Waals surface area (Å²) in [6, 6.07) is 12.3. The van der Waals surface area contributed by atoms with Crippen LogP contribution in [0.15, 0.2) is 48.8 Å². The summed E-state index contributed by atoms with van der Waals surface area (Å²) in [6.45, 7) is 0.585. The van der Waals surface area contributed by atoms with Gasteiger partial charge >= 0.3 is 0 Å². The van der Waals surface area contributed by atoms with Gasteiger partial charge in [0.25, 0.3) is 11.8 Å². The molecule has 1 heterocycles. The quantitative estimate of drug-likeness (QED) is 0.477. The number of fused-ring (bicyclic) bond motifs is 1. The lowest BCUT2D eigenvalue weighted by Gasteiger charge is -2.19. The number of halogens is 2. The molecule has 1 aromatic heterocycles. The molecule has 1 aliphatic carbocycles. The van der Waals surface area contributed by atoms with Gasteiger partial charge in [0.05, 0.1) is 17.4 Å². The SMILES string of the molecule is Cl.Cl.NCC1CCCC1NC(=O)c1cccc(NC(=O)c2ccc3nc[nH]c3c2)c1. The van der Waals surface area contributed by atoms with Crippen LogP contribution in [-0.2, 0) is 0 Å². The zero-order valence-corrected chi connectivity index (χ0v) is 17.9. The minimum Gasteiger partial charge on any atom is -0.349 e. The first-order valence-electron chi connectivity index (χ1n) is 9.49. The summed E-state index contributed by atoms with van der Waals surface area (Å²) in [6.07, 6.45) is 4.69. The van der Waals surface area contributed by atoms with Gasteiger partial charge in [0.15, 0.2) is 0 Å². The van der Waals surface area contributed by atoms with Crippen molar-refractivity contribution in [2.45, 2.75) is 25.3 Å². The first-order chi connectivity index (χ1) is 13.6. The molecule has 1 aliphatic rings. The maximum absolute atomic E-state index is 12.6. The van der Waals surface area contributed by atoms with Crippen molar-refractivity contribution in [2.75, 3.05) is 11.9 Å². The summed E-state index contributed by atoms with van der Waals surface area (Å²) in [5, 5.41) is 5.93. The van der Waals surface area contributed by atoms with Crippen LogP contribution < -0.4 is 16.4 Å². The molecule has 2 aromatic carbocycles. The van der Waals surface area contributed by atoms with E-state index in [-0.39, 0.29) is 42.7 Å². The molecular weight excluding hydrogens is 425 g/mol. The summed E-state index contributed by atoms with van der Waals surface area (Å²) >= 11 is 0. The second-order valence-corrected chi connectivity index (χ2v) is 7.18. The topological polar surface area (TPSA) is 113 Å². The number of carbonyl (C=O) groups excluding carboxylic acids is 2. The summed E-state index contributed by atoms with van der Waals surface area (Å²) in [5.74, 6) is -0.0439. The molecule has 30 heavy (non-hydrogen) atoms. The van der Waals surface area contributed by atoms with E-state index in [2.05, 4.69) is 20.6 Å². The molecule has 4 rings (SSSR count). The number of amides is 2. The van der Waals surface area contributed by atoms with E-state index in [1.807, 2.05) is 0 Å². The number of rotatable bonds is 5. The van der Waals surface area contributed by atoms with Crippen LogP contribution in [0.5, 0.6) is 0 Å². The van der Waals surface area contributed by atoms with E-state index in [9.17, 15) is 9.59 Å². The van der Waals surface area contributed by atoms with Crippen LogP contribution >= 0.6 is 24.8 Å². The molecule has 5 N–H and O–H groups in total. The molecular formula is C21H25Cl2N5O2. The zero-order valence-electron chi connectivity index (χ0n) is 16.3. The van der Waals surface area contributed by atoms with E-state index in [1.54, 1.807) is 48.8 Å². The van der Waals surface area contributed by atoms with Gasteiger partial charge in [0, 0.05) is 22.9 Å². The highest BCUT2D eigenvalue weighted by molar-refractivity contribution is 6.06. The van der Waals surface area contributed by atoms with E-state index in [4.69, 9.17) is 5.73 Å². The molecule has 0 aliphatic heterocycles. The minimum absolute atomic E-state index is 0. The maximum Gasteiger partial charge on any atom is 0.255 e. The van der Waals surface area contributed by atoms with Crippen LogP contribution in [-0.4, -0.2) is 34.4 Å². The fourth-order valence-corrected chi connectivity index (χ4v) is 3.78. The number of nitrogens with one attached hydrogen (secondary N) is 3. The van der Waals surface area contributed by atoms with Crippen LogP contribution in [0.1, 0.15) is 40.0 Å². The van der Waals surface area contributed by atoms with Gasteiger partial charge in [-0.05, 0) is 61.7 Å². The molecule has 0 spiro atoms. The first kappa shape index (κ1) is 23.7. The van der Waals surface area contributed by atoms with Crippen LogP contribution in [0.25, 0.3) is 11.0 Å². The highest BCUT2D eigenvalue weighted by Crippen LogP contribution is 2.25. The van der Waals surface area contributed by atoms with Gasteiger partial charge in [-0.25, -0.2) is 4.98 Å². The highest BCUT2D eigenvalue weighted by atomic mass is 35.5. The van der Waals surface area contributed by atoms with E-state index in [0.29, 0.717) is 29.3 Å². The van der Waals surface area contributed by atoms with Crippen molar-refractivity contribution >= 4 is 53.3 Å². The summed E-state index contributed by atoms with van der Waals surface area (Å²) in [4.78, 5) is 32.3. The van der Waals surface area contributed by atoms with E-state index in [1.165, 1.54) is 0 Å². The van der Waals surface area contributed by atoms with E-state index >= 15 is 0 Å². The Balaban J connectivity index is 0.00000160. The van der Waals surface area contributed by atoms with Crippen LogP contribution in [0.3, 0.4) is 0 Å². The Morgan fingerprint density at radius 2 is 1.87 bits per heavy atom. The van der Waals surface area contributed by atoms with Gasteiger partial charge in [-0.3, -0.25) is 9.59 Å². The van der Waals surface area contributed by atoms with E-state index < -0.39 is 0 Å². The zero-order chi connectivity index (χ0) is 19.5. The predicted octanol–water partition coefficient (Wildman–Crippen LogP) is 3.52. The number of anilines is 1. The van der Waals surface area contributed by atoms with Crippen molar-refractivity contribution in [1.29, 1.82) is 0 Å². The third-order valence-electron chi connectivity index (χ3n) is 5.34. The lowest BCUT2D eigenvalue weighted by Crippen LogP contribution is -2.39. The van der Waals surface area contributed by atoms with E-state index in [0.717, 1.165) is 30.3 Å². The molecule has 1 saturated carbocycles. The Morgan fingerprint density at radius 1 is 1.07 bits per heavy atom.